The van der Waals surface area contributed by atoms with Gasteiger partial charge in [-0.25, -0.2) is 0 Å². The first-order chi connectivity index (χ1) is 10.0. The smallest absolute Gasteiger partial charge is 0.248 e. The normalized spacial score (nSPS) is 17.0. The molecule has 0 radical (unpaired) electrons. The Morgan fingerprint density at radius 3 is 2.48 bits per heavy atom. The van der Waals surface area contributed by atoms with Crippen molar-refractivity contribution in [3.8, 4) is 0 Å². The third-order valence-electron chi connectivity index (χ3n) is 3.61. The molecule has 0 bridgehead atoms. The number of benzene rings is 1. The average Bonchev–Trinajstić information content (AvgIpc) is 3.29. The third kappa shape index (κ3) is 4.54. The number of amides is 2. The lowest BCUT2D eigenvalue weighted by atomic mass is 10.1. The number of hydrogen-bond donors (Lipinski definition) is 2. The van der Waals surface area contributed by atoms with Crippen LogP contribution in [0.2, 0.25) is 0 Å². The van der Waals surface area contributed by atoms with Crippen LogP contribution in [0.5, 0.6) is 0 Å². The Hall–Kier alpha value is -1.40. The van der Waals surface area contributed by atoms with Crippen LogP contribution in [0.3, 0.4) is 0 Å². The van der Waals surface area contributed by atoms with Crippen LogP contribution in [0.4, 0.5) is 5.69 Å². The number of halogens is 1. The lowest BCUT2D eigenvalue weighted by Crippen LogP contribution is -2.28. The van der Waals surface area contributed by atoms with Crippen molar-refractivity contribution in [2.45, 2.75) is 30.2 Å². The number of ether oxygens (including phenoxy) is 1. The number of nitrogens with two attached hydrogens (primary N) is 1. The number of nitrogens with one attached hydrogen (secondary N) is 1. The van der Waals surface area contributed by atoms with Gasteiger partial charge < -0.3 is 15.8 Å². The van der Waals surface area contributed by atoms with E-state index in [1.54, 1.807) is 31.4 Å². The first-order valence-electron chi connectivity index (χ1n) is 6.89. The van der Waals surface area contributed by atoms with Gasteiger partial charge >= 0.3 is 0 Å². The van der Waals surface area contributed by atoms with Gasteiger partial charge in [-0.3, -0.25) is 9.59 Å². The molecule has 2 amide bonds. The van der Waals surface area contributed by atoms with Gasteiger partial charge in [-0.15, -0.1) is 0 Å². The van der Waals surface area contributed by atoms with Gasteiger partial charge in [-0.2, -0.15) is 0 Å². The zero-order valence-corrected chi connectivity index (χ0v) is 13.4. The molecule has 2 atom stereocenters. The lowest BCUT2D eigenvalue weighted by molar-refractivity contribution is -0.116. The molecule has 0 saturated heterocycles. The summed E-state index contributed by atoms with van der Waals surface area (Å²) in [5, 5.41) is 2.80. The van der Waals surface area contributed by atoms with Crippen LogP contribution in [-0.4, -0.2) is 29.9 Å². The van der Waals surface area contributed by atoms with E-state index in [0.29, 0.717) is 23.6 Å². The Bertz CT molecular complexity index is 514. The van der Waals surface area contributed by atoms with Crippen LogP contribution in [0, 0.1) is 5.92 Å². The largest absolute Gasteiger partial charge is 0.381 e. The summed E-state index contributed by atoms with van der Waals surface area (Å²) in [5.74, 6) is -0.0270. The highest BCUT2D eigenvalue weighted by atomic mass is 79.9. The van der Waals surface area contributed by atoms with Gasteiger partial charge in [0.1, 0.15) is 0 Å². The van der Waals surface area contributed by atoms with E-state index in [0.717, 1.165) is 0 Å². The Labute approximate surface area is 132 Å². The SMILES string of the molecule is CO[C@H](C[C@@H](Br)C(=O)Nc1ccc(C(N)=O)cc1)C1CC1. The van der Waals surface area contributed by atoms with E-state index in [1.165, 1.54) is 12.8 Å². The van der Waals surface area contributed by atoms with E-state index in [4.69, 9.17) is 10.5 Å². The fourth-order valence-electron chi connectivity index (χ4n) is 2.20. The number of anilines is 1. The number of hydrogen-bond acceptors (Lipinski definition) is 3. The minimum atomic E-state index is -0.487. The molecule has 1 aliphatic carbocycles. The van der Waals surface area contributed by atoms with Crippen molar-refractivity contribution < 1.29 is 14.3 Å². The van der Waals surface area contributed by atoms with E-state index >= 15 is 0 Å². The van der Waals surface area contributed by atoms with Crippen LogP contribution in [0.1, 0.15) is 29.6 Å². The molecule has 0 unspecified atom stereocenters. The van der Waals surface area contributed by atoms with E-state index in [1.807, 2.05) is 0 Å². The molecule has 1 aromatic rings. The molecule has 1 saturated carbocycles. The molecule has 114 valence electrons. The summed E-state index contributed by atoms with van der Waals surface area (Å²) >= 11 is 3.41. The average molecular weight is 355 g/mol. The van der Waals surface area contributed by atoms with E-state index < -0.39 is 5.91 Å². The van der Waals surface area contributed by atoms with Crippen LogP contribution < -0.4 is 11.1 Å². The van der Waals surface area contributed by atoms with Crippen molar-refractivity contribution in [2.24, 2.45) is 11.7 Å². The Kier molecular flexibility index (Phi) is 5.36. The summed E-state index contributed by atoms with van der Waals surface area (Å²) in [7, 11) is 1.68. The topological polar surface area (TPSA) is 81.4 Å². The second-order valence-electron chi connectivity index (χ2n) is 5.25. The van der Waals surface area contributed by atoms with E-state index in [9.17, 15) is 9.59 Å². The van der Waals surface area contributed by atoms with Crippen LogP contribution >= 0.6 is 15.9 Å². The van der Waals surface area contributed by atoms with E-state index in [-0.39, 0.29) is 16.8 Å². The summed E-state index contributed by atoms with van der Waals surface area (Å²) in [5.41, 5.74) is 6.22. The number of primary amides is 1. The molecule has 5 nitrogen and oxygen atoms in total. The number of carbonyl (C=O) groups is 2. The summed E-state index contributed by atoms with van der Waals surface area (Å²) in [6.07, 6.45) is 3.12. The number of rotatable bonds is 7. The molecule has 21 heavy (non-hydrogen) atoms. The third-order valence-corrected chi connectivity index (χ3v) is 4.40. The van der Waals surface area contributed by atoms with Gasteiger partial charge in [0.2, 0.25) is 11.8 Å². The summed E-state index contributed by atoms with van der Waals surface area (Å²) in [6.45, 7) is 0. The maximum atomic E-state index is 12.1. The summed E-state index contributed by atoms with van der Waals surface area (Å²) < 4.78 is 5.43. The molecule has 0 aliphatic heterocycles. The molecule has 3 N–H and O–H groups in total. The van der Waals surface area contributed by atoms with Gasteiger partial charge in [0.15, 0.2) is 0 Å². The Balaban J connectivity index is 1.89. The van der Waals surface area contributed by atoms with E-state index in [2.05, 4.69) is 21.2 Å². The maximum absolute atomic E-state index is 12.1. The summed E-state index contributed by atoms with van der Waals surface area (Å²) in [6, 6.07) is 6.49. The van der Waals surface area contributed by atoms with Gasteiger partial charge in [-0.05, 0) is 49.4 Å². The molecule has 1 aliphatic rings. The fourth-order valence-corrected chi connectivity index (χ4v) is 2.68. The molecule has 1 fully saturated rings. The lowest BCUT2D eigenvalue weighted by Gasteiger charge is -2.18. The first kappa shape index (κ1) is 16.0. The van der Waals surface area contributed by atoms with Crippen molar-refractivity contribution in [2.75, 3.05) is 12.4 Å². The standard InChI is InChI=1S/C15H19BrN2O3/c1-21-13(9-2-3-9)8-12(16)15(20)18-11-6-4-10(5-7-11)14(17)19/h4-7,9,12-13H,2-3,8H2,1H3,(H2,17,19)(H,18,20)/t12-,13-/m1/s1. The van der Waals surface area contributed by atoms with Crippen LogP contribution in [0.15, 0.2) is 24.3 Å². The van der Waals surface area contributed by atoms with Crippen LogP contribution in [-0.2, 0) is 9.53 Å². The predicted molar refractivity (Wildman–Crippen MR) is 84.4 cm³/mol. The minimum absolute atomic E-state index is 0.121. The van der Waals surface area contributed by atoms with Crippen LogP contribution in [0.25, 0.3) is 0 Å². The van der Waals surface area contributed by atoms with Crippen molar-refractivity contribution in [1.82, 2.24) is 0 Å². The highest BCUT2D eigenvalue weighted by Gasteiger charge is 2.33. The second kappa shape index (κ2) is 7.04. The highest BCUT2D eigenvalue weighted by Crippen LogP contribution is 2.36. The Morgan fingerprint density at radius 1 is 1.38 bits per heavy atom. The molecule has 6 heteroatoms. The number of carbonyl (C=O) groups excluding carboxylic acids is 2. The number of alkyl halides is 1. The maximum Gasteiger partial charge on any atom is 0.248 e. The molecular weight excluding hydrogens is 336 g/mol. The van der Waals surface area contributed by atoms with Gasteiger partial charge in [-0.1, -0.05) is 15.9 Å². The zero-order chi connectivity index (χ0) is 15.4. The highest BCUT2D eigenvalue weighted by molar-refractivity contribution is 9.10. The van der Waals surface area contributed by atoms with Crippen molar-refractivity contribution in [3.05, 3.63) is 29.8 Å². The van der Waals surface area contributed by atoms with Gasteiger partial charge in [0.05, 0.1) is 10.9 Å². The molecule has 0 heterocycles. The fraction of sp³-hybridized carbons (Fsp3) is 0.467. The number of methoxy groups -OCH3 is 1. The van der Waals surface area contributed by atoms with Crippen molar-refractivity contribution in [1.29, 1.82) is 0 Å². The first-order valence-corrected chi connectivity index (χ1v) is 7.80. The second-order valence-corrected chi connectivity index (χ2v) is 6.35. The molecular formula is C15H19BrN2O3. The molecule has 1 aromatic carbocycles. The quantitative estimate of drug-likeness (QED) is 0.737. The monoisotopic (exact) mass is 354 g/mol. The Morgan fingerprint density at radius 2 is 2.00 bits per heavy atom. The van der Waals surface area contributed by atoms with Crippen molar-refractivity contribution >= 4 is 33.4 Å². The summed E-state index contributed by atoms with van der Waals surface area (Å²) in [4.78, 5) is 22.8. The molecule has 0 spiro atoms. The predicted octanol–water partition coefficient (Wildman–Crippen LogP) is 2.30. The molecule has 2 rings (SSSR count). The van der Waals surface area contributed by atoms with Crippen molar-refractivity contribution in [3.63, 3.8) is 0 Å². The minimum Gasteiger partial charge on any atom is -0.381 e. The zero-order valence-electron chi connectivity index (χ0n) is 11.8. The van der Waals surface area contributed by atoms with Gasteiger partial charge in [0, 0.05) is 18.4 Å². The molecule has 0 aromatic heterocycles. The van der Waals surface area contributed by atoms with Gasteiger partial charge in [0.25, 0.3) is 0 Å².